The lowest BCUT2D eigenvalue weighted by molar-refractivity contribution is 0.0742. The lowest BCUT2D eigenvalue weighted by Gasteiger charge is -2.25. The fourth-order valence-electron chi connectivity index (χ4n) is 2.50. The summed E-state index contributed by atoms with van der Waals surface area (Å²) in [6.45, 7) is 2.32. The average molecular weight is 362 g/mol. The fourth-order valence-corrected chi connectivity index (χ4v) is 3.02. The zero-order valence-corrected chi connectivity index (χ0v) is 15.3. The Morgan fingerprint density at radius 2 is 1.84 bits per heavy atom. The van der Waals surface area contributed by atoms with Crippen LogP contribution in [0.15, 0.2) is 53.4 Å². The molecule has 0 bridgehead atoms. The minimum absolute atomic E-state index is 0.0460. The third-order valence-corrected chi connectivity index (χ3v) is 5.01. The van der Waals surface area contributed by atoms with Crippen molar-refractivity contribution in [2.75, 3.05) is 14.2 Å². The van der Waals surface area contributed by atoms with Crippen LogP contribution >= 0.6 is 0 Å². The minimum atomic E-state index is -3.73. The molecule has 2 aromatic carbocycles. The number of sulfonamides is 1. The monoisotopic (exact) mass is 362 g/mol. The highest BCUT2D eigenvalue weighted by Crippen LogP contribution is 2.22. The number of carbonyl (C=O) groups is 1. The SMILES string of the molecule is COCc1cccc(C(=O)N(C)C(C)c2ccc(S(N)(=O)=O)cc2)c1. The van der Waals surface area contributed by atoms with Crippen LogP contribution in [-0.2, 0) is 21.4 Å². The van der Waals surface area contributed by atoms with Gasteiger partial charge >= 0.3 is 0 Å². The van der Waals surface area contributed by atoms with E-state index in [2.05, 4.69) is 0 Å². The maximum Gasteiger partial charge on any atom is 0.254 e. The largest absolute Gasteiger partial charge is 0.380 e. The van der Waals surface area contributed by atoms with Crippen molar-refractivity contribution in [3.8, 4) is 0 Å². The van der Waals surface area contributed by atoms with Crippen LogP contribution in [0.2, 0.25) is 0 Å². The fraction of sp³-hybridized carbons (Fsp3) is 0.278. The number of amides is 1. The van der Waals surface area contributed by atoms with E-state index in [1.54, 1.807) is 43.3 Å². The second-order valence-electron chi connectivity index (χ2n) is 5.84. The van der Waals surface area contributed by atoms with Crippen molar-refractivity contribution in [3.05, 3.63) is 65.2 Å². The number of rotatable bonds is 6. The molecule has 1 amide bonds. The van der Waals surface area contributed by atoms with Crippen molar-refractivity contribution < 1.29 is 17.9 Å². The Balaban J connectivity index is 2.20. The van der Waals surface area contributed by atoms with Crippen LogP contribution in [0, 0.1) is 0 Å². The van der Waals surface area contributed by atoms with E-state index in [0.29, 0.717) is 12.2 Å². The highest BCUT2D eigenvalue weighted by Gasteiger charge is 2.19. The van der Waals surface area contributed by atoms with Crippen molar-refractivity contribution in [3.63, 3.8) is 0 Å². The summed E-state index contributed by atoms with van der Waals surface area (Å²) < 4.78 is 27.8. The zero-order valence-electron chi connectivity index (χ0n) is 14.5. The van der Waals surface area contributed by atoms with Gasteiger partial charge in [-0.25, -0.2) is 13.6 Å². The van der Waals surface area contributed by atoms with Crippen LogP contribution in [-0.4, -0.2) is 33.4 Å². The van der Waals surface area contributed by atoms with Crippen molar-refractivity contribution in [1.82, 2.24) is 4.90 Å². The molecule has 0 radical (unpaired) electrons. The number of ether oxygens (including phenoxy) is 1. The molecule has 0 saturated heterocycles. The van der Waals surface area contributed by atoms with Crippen LogP contribution in [0.4, 0.5) is 0 Å². The first-order valence-corrected chi connectivity index (χ1v) is 9.26. The van der Waals surface area contributed by atoms with Crippen molar-refractivity contribution >= 4 is 15.9 Å². The van der Waals surface area contributed by atoms with Crippen LogP contribution in [0.3, 0.4) is 0 Å². The standard InChI is InChI=1S/C18H22N2O4S/c1-13(15-7-9-17(10-8-15)25(19,22)23)20(2)18(21)16-6-4-5-14(11-16)12-24-3/h4-11,13H,12H2,1-3H3,(H2,19,22,23). The van der Waals surface area contributed by atoms with Gasteiger partial charge in [-0.05, 0) is 42.3 Å². The van der Waals surface area contributed by atoms with Crippen LogP contribution in [0.1, 0.15) is 34.5 Å². The van der Waals surface area contributed by atoms with E-state index < -0.39 is 10.0 Å². The Hall–Kier alpha value is -2.22. The molecule has 1 atom stereocenters. The smallest absolute Gasteiger partial charge is 0.254 e. The predicted octanol–water partition coefficient (Wildman–Crippen LogP) is 2.31. The molecule has 0 aliphatic carbocycles. The Bertz CT molecular complexity index is 848. The molecular weight excluding hydrogens is 340 g/mol. The summed E-state index contributed by atoms with van der Waals surface area (Å²) in [5.41, 5.74) is 2.31. The molecule has 0 heterocycles. The van der Waals surface area contributed by atoms with Gasteiger partial charge in [0.05, 0.1) is 17.5 Å². The number of nitrogens with zero attached hydrogens (tertiary/aromatic N) is 1. The number of benzene rings is 2. The molecule has 6 nitrogen and oxygen atoms in total. The van der Waals surface area contributed by atoms with Gasteiger partial charge in [0.15, 0.2) is 0 Å². The van der Waals surface area contributed by atoms with Gasteiger partial charge in [-0.3, -0.25) is 4.79 Å². The van der Waals surface area contributed by atoms with Crippen LogP contribution in [0.25, 0.3) is 0 Å². The molecule has 2 rings (SSSR count). The summed E-state index contributed by atoms with van der Waals surface area (Å²) in [5.74, 6) is -0.124. The van der Waals surface area contributed by atoms with Gasteiger partial charge in [0.1, 0.15) is 0 Å². The van der Waals surface area contributed by atoms with Crippen molar-refractivity contribution in [2.45, 2.75) is 24.5 Å². The van der Waals surface area contributed by atoms with Crippen LogP contribution < -0.4 is 5.14 Å². The van der Waals surface area contributed by atoms with Gasteiger partial charge in [0.2, 0.25) is 10.0 Å². The predicted molar refractivity (Wildman–Crippen MR) is 95.5 cm³/mol. The normalized spacial score (nSPS) is 12.6. The summed E-state index contributed by atoms with van der Waals surface area (Å²) in [7, 11) is -0.411. The highest BCUT2D eigenvalue weighted by atomic mass is 32.2. The summed E-state index contributed by atoms with van der Waals surface area (Å²) >= 11 is 0. The first-order valence-electron chi connectivity index (χ1n) is 7.72. The molecule has 0 aliphatic heterocycles. The third kappa shape index (κ3) is 4.66. The Morgan fingerprint density at radius 1 is 1.20 bits per heavy atom. The molecule has 0 saturated carbocycles. The van der Waals surface area contributed by atoms with Gasteiger partial charge in [-0.1, -0.05) is 24.3 Å². The number of nitrogens with two attached hydrogens (primary N) is 1. The number of primary sulfonamides is 1. The zero-order chi connectivity index (χ0) is 18.6. The van der Waals surface area contributed by atoms with Gasteiger partial charge in [0, 0.05) is 19.7 Å². The molecule has 2 N–H and O–H groups in total. The molecule has 134 valence electrons. The minimum Gasteiger partial charge on any atom is -0.380 e. The van der Waals surface area contributed by atoms with E-state index in [1.165, 1.54) is 12.1 Å². The molecule has 0 aliphatic rings. The van der Waals surface area contributed by atoms with E-state index in [9.17, 15) is 13.2 Å². The van der Waals surface area contributed by atoms with E-state index in [1.807, 2.05) is 19.1 Å². The van der Waals surface area contributed by atoms with Crippen molar-refractivity contribution in [1.29, 1.82) is 0 Å². The van der Waals surface area contributed by atoms with Crippen molar-refractivity contribution in [2.24, 2.45) is 5.14 Å². The highest BCUT2D eigenvalue weighted by molar-refractivity contribution is 7.89. The van der Waals surface area contributed by atoms with E-state index >= 15 is 0 Å². The van der Waals surface area contributed by atoms with Gasteiger partial charge < -0.3 is 9.64 Å². The lowest BCUT2D eigenvalue weighted by Crippen LogP contribution is -2.29. The lowest BCUT2D eigenvalue weighted by atomic mass is 10.1. The number of methoxy groups -OCH3 is 1. The third-order valence-electron chi connectivity index (χ3n) is 4.08. The number of hydrogen-bond acceptors (Lipinski definition) is 4. The molecule has 0 spiro atoms. The first kappa shape index (κ1) is 19.1. The molecule has 25 heavy (non-hydrogen) atoms. The second-order valence-corrected chi connectivity index (χ2v) is 7.40. The summed E-state index contributed by atoms with van der Waals surface area (Å²) in [6.07, 6.45) is 0. The topological polar surface area (TPSA) is 89.7 Å². The van der Waals surface area contributed by atoms with Gasteiger partial charge in [-0.15, -0.1) is 0 Å². The molecule has 7 heteroatoms. The van der Waals surface area contributed by atoms with Gasteiger partial charge in [-0.2, -0.15) is 0 Å². The maximum atomic E-state index is 12.7. The van der Waals surface area contributed by atoms with E-state index in [4.69, 9.17) is 9.88 Å². The summed E-state index contributed by atoms with van der Waals surface area (Å²) in [5, 5.41) is 5.10. The Morgan fingerprint density at radius 3 is 2.40 bits per heavy atom. The summed E-state index contributed by atoms with van der Waals surface area (Å²) in [4.78, 5) is 14.4. The molecular formula is C18H22N2O4S. The van der Waals surface area contributed by atoms with E-state index in [-0.39, 0.29) is 16.8 Å². The summed E-state index contributed by atoms with van der Waals surface area (Å²) in [6, 6.07) is 13.3. The quantitative estimate of drug-likeness (QED) is 0.854. The van der Waals surface area contributed by atoms with Gasteiger partial charge in [0.25, 0.3) is 5.91 Å². The number of carbonyl (C=O) groups excluding carboxylic acids is 1. The molecule has 1 unspecified atom stereocenters. The first-order chi connectivity index (χ1) is 11.7. The molecule has 0 fully saturated rings. The van der Waals surface area contributed by atoms with E-state index in [0.717, 1.165) is 11.1 Å². The Labute approximate surface area is 148 Å². The number of hydrogen-bond donors (Lipinski definition) is 1. The Kier molecular flexibility index (Phi) is 5.94. The maximum absolute atomic E-state index is 12.7. The molecule has 0 aromatic heterocycles. The average Bonchev–Trinajstić information content (AvgIpc) is 2.59. The molecule has 2 aromatic rings. The second kappa shape index (κ2) is 7.77. The van der Waals surface area contributed by atoms with Crippen LogP contribution in [0.5, 0.6) is 0 Å².